The molecule has 4 rings (SSSR count). The van der Waals surface area contributed by atoms with Gasteiger partial charge in [0.15, 0.2) is 0 Å². The number of H-pyrrole nitrogens is 1. The number of para-hydroxylation sites is 1. The van der Waals surface area contributed by atoms with Crippen molar-refractivity contribution in [1.82, 2.24) is 15.6 Å². The molecule has 3 N–H and O–H groups in total. The molecule has 0 spiro atoms. The molecule has 1 aromatic heterocycles. The first-order valence-corrected chi connectivity index (χ1v) is 8.98. The Bertz CT molecular complexity index is 915. The molecule has 5 heteroatoms. The van der Waals surface area contributed by atoms with E-state index in [1.165, 1.54) is 27.7 Å². The summed E-state index contributed by atoms with van der Waals surface area (Å²) >= 11 is 0. The molecule has 0 radical (unpaired) electrons. The molecule has 134 valence electrons. The average Bonchev–Trinajstić information content (AvgIpc) is 3.19. The fraction of sp³-hybridized carbons (Fsp3) is 0.286. The Hall–Kier alpha value is -2.95. The zero-order valence-corrected chi connectivity index (χ0v) is 14.8. The van der Waals surface area contributed by atoms with Crippen molar-refractivity contribution in [1.29, 1.82) is 0 Å². The molecule has 1 atom stereocenters. The Morgan fingerprint density at radius 1 is 1.15 bits per heavy atom. The summed E-state index contributed by atoms with van der Waals surface area (Å²) in [5.41, 5.74) is 4.94. The molecule has 1 heterocycles. The molecule has 5 nitrogen and oxygen atoms in total. The molecule has 0 aliphatic heterocycles. The predicted molar refractivity (Wildman–Crippen MR) is 103 cm³/mol. The van der Waals surface area contributed by atoms with E-state index in [4.69, 9.17) is 4.74 Å². The summed E-state index contributed by atoms with van der Waals surface area (Å²) in [5, 5.41) is 7.31. The first-order chi connectivity index (χ1) is 12.7. The predicted octanol–water partition coefficient (Wildman–Crippen LogP) is 3.19. The van der Waals surface area contributed by atoms with Gasteiger partial charge < -0.3 is 20.4 Å². The normalized spacial score (nSPS) is 15.7. The van der Waals surface area contributed by atoms with Crippen molar-refractivity contribution in [2.24, 2.45) is 0 Å². The van der Waals surface area contributed by atoms with Gasteiger partial charge in [-0.3, -0.25) is 0 Å². The Morgan fingerprint density at radius 2 is 1.96 bits per heavy atom. The number of rotatable bonds is 5. The molecule has 2 aromatic carbocycles. The van der Waals surface area contributed by atoms with Crippen LogP contribution in [0.15, 0.2) is 48.5 Å². The summed E-state index contributed by atoms with van der Waals surface area (Å²) in [7, 11) is 1.66. The summed E-state index contributed by atoms with van der Waals surface area (Å²) in [5.74, 6) is 0.844. The van der Waals surface area contributed by atoms with E-state index in [0.717, 1.165) is 25.0 Å². The lowest BCUT2D eigenvalue weighted by Gasteiger charge is -2.13. The molecule has 0 saturated carbocycles. The number of amides is 2. The number of hydrogen-bond donors (Lipinski definition) is 3. The van der Waals surface area contributed by atoms with Gasteiger partial charge in [-0.15, -0.1) is 0 Å². The average molecular weight is 349 g/mol. The number of methoxy groups -OCH3 is 1. The van der Waals surface area contributed by atoms with Crippen LogP contribution in [-0.2, 0) is 19.3 Å². The second-order valence-electron chi connectivity index (χ2n) is 6.73. The lowest BCUT2D eigenvalue weighted by molar-refractivity contribution is 0.237. The first kappa shape index (κ1) is 16.5. The number of urea groups is 1. The van der Waals surface area contributed by atoms with E-state index >= 15 is 0 Å². The van der Waals surface area contributed by atoms with Gasteiger partial charge in [0.05, 0.1) is 7.11 Å². The largest absolute Gasteiger partial charge is 0.497 e. The lowest BCUT2D eigenvalue weighted by atomic mass is 10.1. The molecule has 1 aliphatic rings. The Labute approximate surface area is 152 Å². The van der Waals surface area contributed by atoms with Gasteiger partial charge in [0.2, 0.25) is 0 Å². The van der Waals surface area contributed by atoms with Crippen LogP contribution in [-0.4, -0.2) is 30.7 Å². The van der Waals surface area contributed by atoms with Crippen LogP contribution in [0.3, 0.4) is 0 Å². The molecule has 26 heavy (non-hydrogen) atoms. The molecule has 0 saturated heterocycles. The maximum absolute atomic E-state index is 12.2. The van der Waals surface area contributed by atoms with Crippen LogP contribution in [0.4, 0.5) is 4.79 Å². The topological polar surface area (TPSA) is 66.2 Å². The SMILES string of the molecule is COc1ccc(CCNC(=O)NC2Cc3[nH]c4ccccc4c3C2)cc1. The number of ether oxygens (including phenoxy) is 1. The summed E-state index contributed by atoms with van der Waals surface area (Å²) in [6.45, 7) is 0.610. The highest BCUT2D eigenvalue weighted by atomic mass is 16.5. The van der Waals surface area contributed by atoms with Gasteiger partial charge in [0.1, 0.15) is 5.75 Å². The van der Waals surface area contributed by atoms with E-state index in [9.17, 15) is 4.79 Å². The molecular formula is C21H23N3O2. The number of hydrogen-bond acceptors (Lipinski definition) is 2. The third kappa shape index (κ3) is 3.38. The van der Waals surface area contributed by atoms with Gasteiger partial charge in [-0.2, -0.15) is 0 Å². The van der Waals surface area contributed by atoms with E-state index in [1.54, 1.807) is 7.11 Å². The third-order valence-electron chi connectivity index (χ3n) is 5.00. The highest BCUT2D eigenvalue weighted by Gasteiger charge is 2.26. The summed E-state index contributed by atoms with van der Waals surface area (Å²) in [6.07, 6.45) is 2.53. The van der Waals surface area contributed by atoms with Crippen LogP contribution in [0.5, 0.6) is 5.75 Å². The zero-order chi connectivity index (χ0) is 17.9. The number of aromatic amines is 1. The van der Waals surface area contributed by atoms with Crippen molar-refractivity contribution in [2.45, 2.75) is 25.3 Å². The molecular weight excluding hydrogens is 326 g/mol. The van der Waals surface area contributed by atoms with E-state index < -0.39 is 0 Å². The van der Waals surface area contributed by atoms with Gasteiger partial charge in [0.25, 0.3) is 0 Å². The number of fused-ring (bicyclic) bond motifs is 3. The van der Waals surface area contributed by atoms with Crippen molar-refractivity contribution < 1.29 is 9.53 Å². The van der Waals surface area contributed by atoms with Gasteiger partial charge in [-0.05, 0) is 42.2 Å². The Balaban J connectivity index is 1.26. The number of carbonyl (C=O) groups is 1. The number of carbonyl (C=O) groups excluding carboxylic acids is 1. The standard InChI is InChI=1S/C21H23N3O2/c1-26-16-8-6-14(7-9-16)10-11-22-21(25)23-15-12-18-17-4-2-3-5-19(17)24-20(18)13-15/h2-9,15,24H,10-13H2,1H3,(H2,22,23,25). The van der Waals surface area contributed by atoms with Gasteiger partial charge in [-0.1, -0.05) is 30.3 Å². The van der Waals surface area contributed by atoms with Crippen molar-refractivity contribution in [3.63, 3.8) is 0 Å². The second kappa shape index (κ2) is 7.12. The van der Waals surface area contributed by atoms with Crippen molar-refractivity contribution >= 4 is 16.9 Å². The molecule has 2 amide bonds. The van der Waals surface area contributed by atoms with Gasteiger partial charge >= 0.3 is 6.03 Å². The van der Waals surface area contributed by atoms with Crippen LogP contribution in [0.25, 0.3) is 10.9 Å². The van der Waals surface area contributed by atoms with E-state index in [-0.39, 0.29) is 12.1 Å². The van der Waals surface area contributed by atoms with E-state index in [1.807, 2.05) is 30.3 Å². The molecule has 3 aromatic rings. The van der Waals surface area contributed by atoms with Crippen molar-refractivity contribution in [3.05, 3.63) is 65.4 Å². The number of benzene rings is 2. The van der Waals surface area contributed by atoms with Crippen molar-refractivity contribution in [2.75, 3.05) is 13.7 Å². The molecule has 1 aliphatic carbocycles. The third-order valence-corrected chi connectivity index (χ3v) is 5.00. The van der Waals surface area contributed by atoms with E-state index in [0.29, 0.717) is 6.54 Å². The van der Waals surface area contributed by atoms with Crippen LogP contribution in [0, 0.1) is 0 Å². The van der Waals surface area contributed by atoms with Gasteiger partial charge in [-0.25, -0.2) is 4.79 Å². The maximum atomic E-state index is 12.2. The smallest absolute Gasteiger partial charge is 0.315 e. The van der Waals surface area contributed by atoms with Gasteiger partial charge in [0, 0.05) is 35.6 Å². The Morgan fingerprint density at radius 3 is 2.77 bits per heavy atom. The fourth-order valence-corrected chi connectivity index (χ4v) is 3.68. The molecule has 1 unspecified atom stereocenters. The summed E-state index contributed by atoms with van der Waals surface area (Å²) in [4.78, 5) is 15.6. The minimum absolute atomic E-state index is 0.0991. The monoisotopic (exact) mass is 349 g/mol. The zero-order valence-electron chi connectivity index (χ0n) is 14.8. The highest BCUT2D eigenvalue weighted by Crippen LogP contribution is 2.29. The van der Waals surface area contributed by atoms with Crippen LogP contribution in [0.1, 0.15) is 16.8 Å². The second-order valence-corrected chi connectivity index (χ2v) is 6.73. The van der Waals surface area contributed by atoms with Crippen LogP contribution >= 0.6 is 0 Å². The van der Waals surface area contributed by atoms with Crippen molar-refractivity contribution in [3.8, 4) is 5.75 Å². The molecule has 0 bridgehead atoms. The molecule has 0 fully saturated rings. The Kier molecular flexibility index (Phi) is 4.52. The maximum Gasteiger partial charge on any atom is 0.315 e. The summed E-state index contributed by atoms with van der Waals surface area (Å²) < 4.78 is 5.15. The van der Waals surface area contributed by atoms with Crippen LogP contribution < -0.4 is 15.4 Å². The number of nitrogens with one attached hydrogen (secondary N) is 3. The highest BCUT2D eigenvalue weighted by molar-refractivity contribution is 5.85. The lowest BCUT2D eigenvalue weighted by Crippen LogP contribution is -2.43. The van der Waals surface area contributed by atoms with E-state index in [2.05, 4.69) is 33.8 Å². The summed E-state index contributed by atoms with van der Waals surface area (Å²) in [6, 6.07) is 16.3. The first-order valence-electron chi connectivity index (χ1n) is 8.98. The quantitative estimate of drug-likeness (QED) is 0.662. The van der Waals surface area contributed by atoms with Crippen LogP contribution in [0.2, 0.25) is 0 Å². The minimum Gasteiger partial charge on any atom is -0.497 e. The fourth-order valence-electron chi connectivity index (χ4n) is 3.68. The minimum atomic E-state index is -0.0991. The number of aromatic nitrogens is 1.